The molecule has 7 heteroatoms. The van der Waals surface area contributed by atoms with E-state index in [0.29, 0.717) is 17.3 Å². The van der Waals surface area contributed by atoms with Gasteiger partial charge in [-0.25, -0.2) is 0 Å². The monoisotopic (exact) mass is 293 g/mol. The highest BCUT2D eigenvalue weighted by Crippen LogP contribution is 2.21. The molecule has 0 saturated carbocycles. The summed E-state index contributed by atoms with van der Waals surface area (Å²) in [6, 6.07) is 8.15. The van der Waals surface area contributed by atoms with Gasteiger partial charge in [0.05, 0.1) is 24.2 Å². The van der Waals surface area contributed by atoms with Crippen LogP contribution in [0.3, 0.4) is 0 Å². The Kier molecular flexibility index (Phi) is 6.17. The van der Waals surface area contributed by atoms with Crippen molar-refractivity contribution in [3.63, 3.8) is 0 Å². The predicted octanol–water partition coefficient (Wildman–Crippen LogP) is 2.13. The number of benzene rings is 1. The third-order valence-electron chi connectivity index (χ3n) is 2.22. The SMILES string of the molecule is O=C(CSCC(F)(F)F)N[C@H](CO)c1ccccc1. The highest BCUT2D eigenvalue weighted by molar-refractivity contribution is 8.00. The molecule has 0 heterocycles. The normalized spacial score (nSPS) is 13.1. The third-order valence-corrected chi connectivity index (χ3v) is 3.22. The molecular formula is C12H14F3NO2S. The van der Waals surface area contributed by atoms with E-state index in [9.17, 15) is 23.1 Å². The number of aliphatic hydroxyl groups is 1. The Labute approximate surface area is 113 Å². The summed E-state index contributed by atoms with van der Waals surface area (Å²) in [6.45, 7) is -0.306. The third kappa shape index (κ3) is 6.49. The van der Waals surface area contributed by atoms with Crippen molar-refractivity contribution in [2.45, 2.75) is 12.2 Å². The molecule has 1 aromatic rings. The highest BCUT2D eigenvalue weighted by atomic mass is 32.2. The van der Waals surface area contributed by atoms with Crippen LogP contribution in [0.4, 0.5) is 13.2 Å². The molecule has 3 nitrogen and oxygen atoms in total. The van der Waals surface area contributed by atoms with Crippen LogP contribution in [0.1, 0.15) is 11.6 Å². The van der Waals surface area contributed by atoms with Gasteiger partial charge in [-0.3, -0.25) is 4.79 Å². The number of nitrogens with one attached hydrogen (secondary N) is 1. The molecule has 0 saturated heterocycles. The lowest BCUT2D eigenvalue weighted by Crippen LogP contribution is -2.32. The summed E-state index contributed by atoms with van der Waals surface area (Å²) in [6.07, 6.45) is -4.28. The van der Waals surface area contributed by atoms with Crippen molar-refractivity contribution in [2.24, 2.45) is 0 Å². The smallest absolute Gasteiger partial charge is 0.394 e. The van der Waals surface area contributed by atoms with E-state index in [2.05, 4.69) is 5.32 Å². The lowest BCUT2D eigenvalue weighted by atomic mass is 10.1. The molecule has 0 radical (unpaired) electrons. The standard InChI is InChI=1S/C12H14F3NO2S/c13-12(14,15)8-19-7-11(18)16-10(6-17)9-4-2-1-3-5-9/h1-5,10,17H,6-8H2,(H,16,18)/t10-/m1/s1. The second kappa shape index (κ2) is 7.40. The van der Waals surface area contributed by atoms with Crippen molar-refractivity contribution < 1.29 is 23.1 Å². The molecule has 0 aromatic heterocycles. The summed E-state index contributed by atoms with van der Waals surface area (Å²) in [7, 11) is 0. The van der Waals surface area contributed by atoms with Gasteiger partial charge in [0.15, 0.2) is 0 Å². The van der Waals surface area contributed by atoms with Crippen LogP contribution in [-0.4, -0.2) is 35.3 Å². The van der Waals surface area contributed by atoms with Crippen molar-refractivity contribution in [1.82, 2.24) is 5.32 Å². The van der Waals surface area contributed by atoms with Crippen LogP contribution in [0.2, 0.25) is 0 Å². The first-order chi connectivity index (χ1) is 8.92. The van der Waals surface area contributed by atoms with Gasteiger partial charge in [-0.1, -0.05) is 30.3 Å². The molecule has 0 aliphatic heterocycles. The summed E-state index contributed by atoms with van der Waals surface area (Å²) in [5.74, 6) is -1.88. The van der Waals surface area contributed by atoms with Gasteiger partial charge in [-0.15, -0.1) is 11.8 Å². The highest BCUT2D eigenvalue weighted by Gasteiger charge is 2.27. The number of thioether (sulfide) groups is 1. The van der Waals surface area contributed by atoms with E-state index in [1.165, 1.54) is 0 Å². The van der Waals surface area contributed by atoms with Gasteiger partial charge in [0.2, 0.25) is 5.91 Å². The molecular weight excluding hydrogens is 279 g/mol. The Balaban J connectivity index is 2.42. The lowest BCUT2D eigenvalue weighted by molar-refractivity contribution is -0.119. The zero-order valence-corrected chi connectivity index (χ0v) is 10.8. The summed E-state index contributed by atoms with van der Waals surface area (Å²) >= 11 is 0.497. The van der Waals surface area contributed by atoms with E-state index < -0.39 is 23.9 Å². The zero-order valence-electron chi connectivity index (χ0n) is 9.98. The maximum Gasteiger partial charge on any atom is 0.397 e. The number of halogens is 3. The Morgan fingerprint density at radius 2 is 1.95 bits per heavy atom. The van der Waals surface area contributed by atoms with Crippen LogP contribution in [0.15, 0.2) is 30.3 Å². The molecule has 0 unspecified atom stereocenters. The molecule has 1 amide bonds. The predicted molar refractivity (Wildman–Crippen MR) is 67.8 cm³/mol. The Morgan fingerprint density at radius 1 is 1.32 bits per heavy atom. The number of carbonyl (C=O) groups excluding carboxylic acids is 1. The summed E-state index contributed by atoms with van der Waals surface area (Å²) in [5, 5.41) is 11.7. The first kappa shape index (κ1) is 15.8. The van der Waals surface area contributed by atoms with Crippen molar-refractivity contribution >= 4 is 17.7 Å². The minimum absolute atomic E-state index is 0.289. The average Bonchev–Trinajstić information content (AvgIpc) is 2.35. The van der Waals surface area contributed by atoms with Gasteiger partial charge < -0.3 is 10.4 Å². The van der Waals surface area contributed by atoms with E-state index in [4.69, 9.17) is 0 Å². The fraction of sp³-hybridized carbons (Fsp3) is 0.417. The molecule has 1 aromatic carbocycles. The number of rotatable bonds is 6. The molecule has 1 rings (SSSR count). The van der Waals surface area contributed by atoms with Crippen LogP contribution in [0.25, 0.3) is 0 Å². The average molecular weight is 293 g/mol. The summed E-state index contributed by atoms with van der Waals surface area (Å²) in [5.41, 5.74) is 0.708. The molecule has 0 aliphatic rings. The minimum Gasteiger partial charge on any atom is -0.394 e. The van der Waals surface area contributed by atoms with E-state index in [0.717, 1.165) is 0 Å². The maximum absolute atomic E-state index is 11.9. The fourth-order valence-corrected chi connectivity index (χ4v) is 2.02. The number of aliphatic hydroxyl groups excluding tert-OH is 1. The largest absolute Gasteiger partial charge is 0.397 e. The number of carbonyl (C=O) groups is 1. The van der Waals surface area contributed by atoms with E-state index >= 15 is 0 Å². The van der Waals surface area contributed by atoms with Gasteiger partial charge in [0.1, 0.15) is 0 Å². The van der Waals surface area contributed by atoms with Crippen molar-refractivity contribution in [3.05, 3.63) is 35.9 Å². The fourth-order valence-electron chi connectivity index (χ4n) is 1.42. The van der Waals surface area contributed by atoms with E-state index in [1.807, 2.05) is 0 Å². The summed E-state index contributed by atoms with van der Waals surface area (Å²) < 4.78 is 35.7. The van der Waals surface area contributed by atoms with Crippen LogP contribution >= 0.6 is 11.8 Å². The van der Waals surface area contributed by atoms with Crippen LogP contribution in [-0.2, 0) is 4.79 Å². The number of alkyl halides is 3. The molecule has 19 heavy (non-hydrogen) atoms. The van der Waals surface area contributed by atoms with Crippen LogP contribution in [0.5, 0.6) is 0 Å². The van der Waals surface area contributed by atoms with Crippen molar-refractivity contribution in [3.8, 4) is 0 Å². The van der Waals surface area contributed by atoms with Crippen molar-refractivity contribution in [2.75, 3.05) is 18.1 Å². The second-order valence-electron chi connectivity index (χ2n) is 3.82. The van der Waals surface area contributed by atoms with Gasteiger partial charge in [0, 0.05) is 0 Å². The van der Waals surface area contributed by atoms with Crippen LogP contribution in [0, 0.1) is 0 Å². The minimum atomic E-state index is -4.28. The number of amides is 1. The molecule has 0 bridgehead atoms. The van der Waals surface area contributed by atoms with E-state index in [-0.39, 0.29) is 12.4 Å². The maximum atomic E-state index is 11.9. The van der Waals surface area contributed by atoms with Crippen LogP contribution < -0.4 is 5.32 Å². The topological polar surface area (TPSA) is 49.3 Å². The zero-order chi connectivity index (χ0) is 14.3. The van der Waals surface area contributed by atoms with E-state index in [1.54, 1.807) is 30.3 Å². The molecule has 0 fully saturated rings. The van der Waals surface area contributed by atoms with Gasteiger partial charge in [-0.2, -0.15) is 13.2 Å². The quantitative estimate of drug-likeness (QED) is 0.845. The van der Waals surface area contributed by atoms with Gasteiger partial charge >= 0.3 is 6.18 Å². The molecule has 0 aliphatic carbocycles. The first-order valence-electron chi connectivity index (χ1n) is 5.52. The van der Waals surface area contributed by atoms with Gasteiger partial charge in [-0.05, 0) is 5.56 Å². The first-order valence-corrected chi connectivity index (χ1v) is 6.67. The number of hydrogen-bond acceptors (Lipinski definition) is 3. The van der Waals surface area contributed by atoms with Crippen molar-refractivity contribution in [1.29, 1.82) is 0 Å². The molecule has 1 atom stereocenters. The Bertz CT molecular complexity index is 398. The Morgan fingerprint density at radius 3 is 2.47 bits per heavy atom. The molecule has 2 N–H and O–H groups in total. The lowest BCUT2D eigenvalue weighted by Gasteiger charge is -2.16. The second-order valence-corrected chi connectivity index (χ2v) is 4.81. The van der Waals surface area contributed by atoms with Gasteiger partial charge in [0.25, 0.3) is 0 Å². The molecule has 0 spiro atoms. The Hall–Kier alpha value is -1.21. The number of hydrogen-bond donors (Lipinski definition) is 2. The summed E-state index contributed by atoms with van der Waals surface area (Å²) in [4.78, 5) is 11.5. The molecule has 106 valence electrons.